The number of halogens is 1. The Morgan fingerprint density at radius 3 is 2.31 bits per heavy atom. The second kappa shape index (κ2) is 10.6. The Hall–Kier alpha value is -2.13. The van der Waals surface area contributed by atoms with Gasteiger partial charge in [-0.05, 0) is 43.4 Å². The van der Waals surface area contributed by atoms with Crippen molar-refractivity contribution in [2.24, 2.45) is 0 Å². The number of anilines is 1. The van der Waals surface area contributed by atoms with Gasteiger partial charge in [-0.15, -0.1) is 0 Å². The number of ether oxygens (including phenoxy) is 1. The molecule has 29 heavy (non-hydrogen) atoms. The summed E-state index contributed by atoms with van der Waals surface area (Å²) in [6.07, 6.45) is 0.306. The van der Waals surface area contributed by atoms with Crippen molar-refractivity contribution in [3.05, 3.63) is 53.6 Å². The monoisotopic (exact) mass is 439 g/mol. The third kappa shape index (κ3) is 7.01. The molecule has 2 rings (SSSR count). The van der Waals surface area contributed by atoms with Crippen molar-refractivity contribution in [3.8, 4) is 5.75 Å². The maximum Gasteiger partial charge on any atom is 0.242 e. The zero-order chi connectivity index (χ0) is 21.4. The van der Waals surface area contributed by atoms with Crippen LogP contribution >= 0.6 is 11.6 Å². The minimum absolute atomic E-state index is 0.146. The first-order valence-corrected chi connectivity index (χ1v) is 10.9. The van der Waals surface area contributed by atoms with Crippen molar-refractivity contribution < 1.29 is 17.9 Å². The number of amides is 1. The third-order valence-electron chi connectivity index (χ3n) is 4.20. The van der Waals surface area contributed by atoms with Gasteiger partial charge in [-0.1, -0.05) is 23.7 Å². The molecule has 0 atom stereocenters. The van der Waals surface area contributed by atoms with Crippen LogP contribution in [0.5, 0.6) is 5.75 Å². The van der Waals surface area contributed by atoms with Gasteiger partial charge in [0.25, 0.3) is 0 Å². The van der Waals surface area contributed by atoms with Gasteiger partial charge in [0.05, 0.1) is 9.92 Å². The lowest BCUT2D eigenvalue weighted by molar-refractivity contribution is -0.116. The molecule has 0 aliphatic carbocycles. The van der Waals surface area contributed by atoms with Gasteiger partial charge in [-0.2, -0.15) is 0 Å². The number of benzene rings is 2. The molecule has 0 saturated heterocycles. The van der Waals surface area contributed by atoms with Gasteiger partial charge < -0.3 is 15.0 Å². The first-order chi connectivity index (χ1) is 13.7. The lowest BCUT2D eigenvalue weighted by atomic mass is 10.3. The fourth-order valence-corrected chi connectivity index (χ4v) is 3.51. The molecule has 0 aliphatic rings. The molecule has 1 amide bonds. The van der Waals surface area contributed by atoms with Crippen molar-refractivity contribution in [1.82, 2.24) is 9.21 Å². The van der Waals surface area contributed by atoms with Crippen LogP contribution in [0.1, 0.15) is 6.42 Å². The molecule has 7 nitrogen and oxygen atoms in total. The van der Waals surface area contributed by atoms with Crippen LogP contribution in [0.4, 0.5) is 5.69 Å². The van der Waals surface area contributed by atoms with Crippen LogP contribution in [0.3, 0.4) is 0 Å². The minimum Gasteiger partial charge on any atom is -0.491 e. The molecule has 1 N–H and O–H groups in total. The number of sulfonamides is 1. The van der Waals surface area contributed by atoms with E-state index >= 15 is 0 Å². The Balaban J connectivity index is 1.74. The summed E-state index contributed by atoms with van der Waals surface area (Å²) >= 11 is 6.04. The van der Waals surface area contributed by atoms with E-state index in [0.717, 1.165) is 4.31 Å². The third-order valence-corrected chi connectivity index (χ3v) is 6.35. The summed E-state index contributed by atoms with van der Waals surface area (Å²) in [5.41, 5.74) is 0.553. The van der Waals surface area contributed by atoms with E-state index in [1.807, 2.05) is 30.1 Å². The van der Waals surface area contributed by atoms with E-state index < -0.39 is 10.0 Å². The largest absolute Gasteiger partial charge is 0.491 e. The summed E-state index contributed by atoms with van der Waals surface area (Å²) in [5.74, 6) is 0.493. The Morgan fingerprint density at radius 2 is 1.69 bits per heavy atom. The van der Waals surface area contributed by atoms with Crippen LogP contribution in [-0.4, -0.2) is 64.4 Å². The predicted octanol–water partition coefficient (Wildman–Crippen LogP) is 2.93. The number of carbonyl (C=O) groups excluding carboxylic acids is 1. The van der Waals surface area contributed by atoms with E-state index in [-0.39, 0.29) is 10.8 Å². The second-order valence-corrected chi connectivity index (χ2v) is 9.25. The standard InChI is InChI=1S/C20H26ClN3O4S/c1-23(2)29(26,27)17-10-8-16(9-11-17)22-20(25)12-13-24(3)14-15-28-19-7-5-4-6-18(19)21/h4-11H,12-15H2,1-3H3,(H,22,25). The Labute approximate surface area is 177 Å². The summed E-state index contributed by atoms with van der Waals surface area (Å²) in [6, 6.07) is 13.4. The molecular weight excluding hydrogens is 414 g/mol. The minimum atomic E-state index is -3.48. The van der Waals surface area contributed by atoms with Crippen molar-refractivity contribution in [2.75, 3.05) is 46.2 Å². The molecule has 9 heteroatoms. The molecule has 158 valence electrons. The molecule has 2 aromatic rings. The molecule has 0 heterocycles. The van der Waals surface area contributed by atoms with E-state index in [1.165, 1.54) is 26.2 Å². The molecule has 2 aromatic carbocycles. The number of nitrogens with one attached hydrogen (secondary N) is 1. The molecule has 0 spiro atoms. The Morgan fingerprint density at radius 1 is 1.03 bits per heavy atom. The maximum absolute atomic E-state index is 12.1. The molecule has 0 aromatic heterocycles. The fraction of sp³-hybridized carbons (Fsp3) is 0.350. The first-order valence-electron chi connectivity index (χ1n) is 9.08. The molecule has 0 saturated carbocycles. The van der Waals surface area contributed by atoms with Crippen LogP contribution < -0.4 is 10.1 Å². The normalized spacial score (nSPS) is 11.7. The van der Waals surface area contributed by atoms with Gasteiger partial charge in [0.15, 0.2) is 0 Å². The van der Waals surface area contributed by atoms with E-state index in [1.54, 1.807) is 18.2 Å². The lowest BCUT2D eigenvalue weighted by Crippen LogP contribution is -2.28. The maximum atomic E-state index is 12.1. The average Bonchev–Trinajstić information content (AvgIpc) is 2.68. The molecule has 0 bridgehead atoms. The van der Waals surface area contributed by atoms with E-state index in [0.29, 0.717) is 42.6 Å². The number of para-hydroxylation sites is 1. The summed E-state index contributed by atoms with van der Waals surface area (Å²) < 4.78 is 30.9. The molecule has 0 fully saturated rings. The van der Waals surface area contributed by atoms with E-state index in [4.69, 9.17) is 16.3 Å². The summed E-state index contributed by atoms with van der Waals surface area (Å²) in [5, 5.41) is 3.34. The van der Waals surface area contributed by atoms with Gasteiger partial charge in [0.1, 0.15) is 12.4 Å². The highest BCUT2D eigenvalue weighted by molar-refractivity contribution is 7.89. The van der Waals surface area contributed by atoms with Crippen molar-refractivity contribution in [2.45, 2.75) is 11.3 Å². The van der Waals surface area contributed by atoms with Gasteiger partial charge >= 0.3 is 0 Å². The highest BCUT2D eigenvalue weighted by Gasteiger charge is 2.16. The number of hydrogen-bond donors (Lipinski definition) is 1. The average molecular weight is 440 g/mol. The SMILES string of the molecule is CN(CCOc1ccccc1Cl)CCC(=O)Nc1ccc(S(=O)(=O)N(C)C)cc1. The van der Waals surface area contributed by atoms with E-state index in [9.17, 15) is 13.2 Å². The number of carbonyl (C=O) groups is 1. The van der Waals surface area contributed by atoms with Crippen molar-refractivity contribution in [3.63, 3.8) is 0 Å². The topological polar surface area (TPSA) is 79.0 Å². The van der Waals surface area contributed by atoms with Crippen LogP contribution in [0.2, 0.25) is 5.02 Å². The van der Waals surface area contributed by atoms with Gasteiger partial charge in [0.2, 0.25) is 15.9 Å². The molecular formula is C20H26ClN3O4S. The van der Waals surface area contributed by atoms with Gasteiger partial charge in [-0.3, -0.25) is 4.79 Å². The summed E-state index contributed by atoms with van der Waals surface area (Å²) in [6.45, 7) is 1.67. The van der Waals surface area contributed by atoms with Crippen LogP contribution in [0.15, 0.2) is 53.4 Å². The number of hydrogen-bond acceptors (Lipinski definition) is 5. The Kier molecular flexibility index (Phi) is 8.45. The molecule has 0 aliphatic heterocycles. The first kappa shape index (κ1) is 23.2. The lowest BCUT2D eigenvalue weighted by Gasteiger charge is -2.17. The predicted molar refractivity (Wildman–Crippen MR) is 115 cm³/mol. The van der Waals surface area contributed by atoms with Crippen LogP contribution in [-0.2, 0) is 14.8 Å². The van der Waals surface area contributed by atoms with Crippen molar-refractivity contribution >= 4 is 33.2 Å². The van der Waals surface area contributed by atoms with Gasteiger partial charge in [0, 0.05) is 39.3 Å². The molecule has 0 radical (unpaired) electrons. The van der Waals surface area contributed by atoms with Crippen molar-refractivity contribution in [1.29, 1.82) is 0 Å². The highest BCUT2D eigenvalue weighted by Crippen LogP contribution is 2.22. The molecule has 0 unspecified atom stereocenters. The van der Waals surface area contributed by atoms with Gasteiger partial charge in [-0.25, -0.2) is 12.7 Å². The number of nitrogens with zero attached hydrogens (tertiary/aromatic N) is 2. The smallest absolute Gasteiger partial charge is 0.242 e. The summed E-state index contributed by atoms with van der Waals surface area (Å²) in [7, 11) is 1.37. The second-order valence-electron chi connectivity index (χ2n) is 6.69. The van der Waals surface area contributed by atoms with E-state index in [2.05, 4.69) is 5.32 Å². The zero-order valence-corrected chi connectivity index (χ0v) is 18.3. The summed E-state index contributed by atoms with van der Waals surface area (Å²) in [4.78, 5) is 14.3. The number of rotatable bonds is 10. The van der Waals surface area contributed by atoms with Crippen LogP contribution in [0.25, 0.3) is 0 Å². The number of likely N-dealkylation sites (N-methyl/N-ethyl adjacent to an activating group) is 1. The fourth-order valence-electron chi connectivity index (χ4n) is 2.42. The van der Waals surface area contributed by atoms with Crippen LogP contribution in [0, 0.1) is 0 Å². The Bertz CT molecular complexity index is 918. The zero-order valence-electron chi connectivity index (χ0n) is 16.8. The highest BCUT2D eigenvalue weighted by atomic mass is 35.5. The quantitative estimate of drug-likeness (QED) is 0.615.